The second-order valence-electron chi connectivity index (χ2n) is 5.98. The third kappa shape index (κ3) is 3.42. The molecule has 4 heteroatoms. The van der Waals surface area contributed by atoms with Crippen molar-refractivity contribution in [2.24, 2.45) is 0 Å². The Morgan fingerprint density at radius 1 is 1.24 bits per heavy atom. The lowest BCUT2D eigenvalue weighted by Gasteiger charge is -2.53. The Balaban J connectivity index is 2.84. The van der Waals surface area contributed by atoms with Crippen LogP contribution in [0.25, 0.3) is 0 Å². The van der Waals surface area contributed by atoms with Crippen molar-refractivity contribution in [3.8, 4) is 0 Å². The molecule has 1 saturated heterocycles. The van der Waals surface area contributed by atoms with Gasteiger partial charge in [-0.05, 0) is 34.6 Å². The summed E-state index contributed by atoms with van der Waals surface area (Å²) in [5.41, 5.74) is -0.254. The first-order valence-corrected chi connectivity index (χ1v) is 6.29. The Morgan fingerprint density at radius 2 is 1.71 bits per heavy atom. The Hall–Kier alpha value is -0.610. The number of carbonyl (C=O) groups excluding carboxylic acids is 1. The normalized spacial score (nSPS) is 24.6. The van der Waals surface area contributed by atoms with Crippen molar-refractivity contribution < 1.29 is 14.4 Å². The molecular weight excluding hydrogens is 218 g/mol. The van der Waals surface area contributed by atoms with Crippen molar-refractivity contribution in [1.29, 1.82) is 0 Å². The van der Waals surface area contributed by atoms with Gasteiger partial charge in [0, 0.05) is 30.8 Å². The van der Waals surface area contributed by atoms with Gasteiger partial charge < -0.3 is 4.74 Å². The van der Waals surface area contributed by atoms with Crippen molar-refractivity contribution in [2.45, 2.75) is 71.6 Å². The summed E-state index contributed by atoms with van der Waals surface area (Å²) in [5, 5.41) is 2.06. The third-order valence-corrected chi connectivity index (χ3v) is 3.14. The minimum atomic E-state index is -0.202. The van der Waals surface area contributed by atoms with Crippen molar-refractivity contribution in [3.63, 3.8) is 0 Å². The molecule has 0 aromatic rings. The number of ether oxygens (including phenoxy) is 1. The molecule has 0 amide bonds. The lowest BCUT2D eigenvalue weighted by molar-refractivity contribution is -0.290. The average molecular weight is 243 g/mol. The van der Waals surface area contributed by atoms with Gasteiger partial charge in [0.2, 0.25) is 0 Å². The monoisotopic (exact) mass is 243 g/mol. The molecule has 1 aliphatic heterocycles. The van der Waals surface area contributed by atoms with Crippen molar-refractivity contribution in [2.75, 3.05) is 6.61 Å². The molecule has 1 heterocycles. The van der Waals surface area contributed by atoms with Crippen LogP contribution in [0.5, 0.6) is 0 Å². The summed E-state index contributed by atoms with van der Waals surface area (Å²) >= 11 is 0. The van der Waals surface area contributed by atoms with E-state index in [1.165, 1.54) is 6.92 Å². The fourth-order valence-electron chi connectivity index (χ4n) is 2.97. The van der Waals surface area contributed by atoms with Gasteiger partial charge in [0.05, 0.1) is 6.61 Å². The average Bonchev–Trinajstić information content (AvgIpc) is 2.08. The summed E-state index contributed by atoms with van der Waals surface area (Å²) in [7, 11) is 0. The summed E-state index contributed by atoms with van der Waals surface area (Å²) < 4.78 is 5.37. The zero-order valence-electron chi connectivity index (χ0n) is 11.9. The highest BCUT2D eigenvalue weighted by molar-refractivity contribution is 5.66. The molecule has 0 aliphatic carbocycles. The highest BCUT2D eigenvalue weighted by Gasteiger charge is 2.47. The van der Waals surface area contributed by atoms with Crippen molar-refractivity contribution in [3.05, 3.63) is 0 Å². The maximum Gasteiger partial charge on any atom is 0.302 e. The van der Waals surface area contributed by atoms with Crippen LogP contribution in [0.15, 0.2) is 0 Å². The first-order chi connectivity index (χ1) is 7.69. The van der Waals surface area contributed by atoms with Gasteiger partial charge in [0.25, 0.3) is 0 Å². The molecule has 0 N–H and O–H groups in total. The highest BCUT2D eigenvalue weighted by Crippen LogP contribution is 2.39. The summed E-state index contributed by atoms with van der Waals surface area (Å²) in [4.78, 5) is 16.8. The molecule has 0 aromatic carbocycles. The summed E-state index contributed by atoms with van der Waals surface area (Å²) in [6.07, 6.45) is 1.58. The third-order valence-electron chi connectivity index (χ3n) is 3.14. The second kappa shape index (κ2) is 4.94. The molecule has 0 saturated carbocycles. The molecule has 100 valence electrons. The Labute approximate surface area is 104 Å². The lowest BCUT2D eigenvalue weighted by atomic mass is 9.80. The molecule has 1 rings (SSSR count). The quantitative estimate of drug-likeness (QED) is 0.714. The van der Waals surface area contributed by atoms with Crippen LogP contribution in [0.1, 0.15) is 54.4 Å². The predicted octanol–water partition coefficient (Wildman–Crippen LogP) is 2.52. The first-order valence-electron chi connectivity index (χ1n) is 6.29. The van der Waals surface area contributed by atoms with Crippen LogP contribution in [-0.4, -0.2) is 34.8 Å². The molecular formula is C13H25NO3. The zero-order valence-corrected chi connectivity index (χ0v) is 11.9. The standard InChI is InChI=1S/C13H25NO3/c1-7-16-14-12(3,4)8-11(17-10(2)15)9-13(14,5)6/h11H,7-9H2,1-6H3. The maximum absolute atomic E-state index is 11.1. The molecule has 0 radical (unpaired) electrons. The van der Waals surface area contributed by atoms with Gasteiger partial charge in [-0.15, -0.1) is 0 Å². The van der Waals surface area contributed by atoms with Crippen LogP contribution in [-0.2, 0) is 14.4 Å². The smallest absolute Gasteiger partial charge is 0.302 e. The molecule has 0 spiro atoms. The molecule has 0 unspecified atom stereocenters. The Kier molecular flexibility index (Phi) is 4.20. The molecule has 1 fully saturated rings. The fraction of sp³-hybridized carbons (Fsp3) is 0.923. The van der Waals surface area contributed by atoms with Gasteiger partial charge in [-0.3, -0.25) is 9.63 Å². The molecule has 0 bridgehead atoms. The topological polar surface area (TPSA) is 38.8 Å². The van der Waals surface area contributed by atoms with Gasteiger partial charge in [-0.1, -0.05) is 0 Å². The van der Waals surface area contributed by atoms with Crippen LogP contribution in [0, 0.1) is 0 Å². The number of nitrogens with zero attached hydrogens (tertiary/aromatic N) is 1. The maximum atomic E-state index is 11.1. The summed E-state index contributed by atoms with van der Waals surface area (Å²) in [6, 6.07) is 0. The van der Waals surface area contributed by atoms with Crippen LogP contribution in [0.4, 0.5) is 0 Å². The van der Waals surface area contributed by atoms with E-state index in [1.54, 1.807) is 0 Å². The number of hydrogen-bond acceptors (Lipinski definition) is 4. The number of esters is 1. The Bertz CT molecular complexity index is 268. The summed E-state index contributed by atoms with van der Waals surface area (Å²) in [5.74, 6) is -0.202. The number of rotatable bonds is 3. The number of carbonyl (C=O) groups is 1. The van der Waals surface area contributed by atoms with E-state index in [0.717, 1.165) is 12.8 Å². The highest BCUT2D eigenvalue weighted by atomic mass is 16.7. The summed E-state index contributed by atoms with van der Waals surface area (Å²) in [6.45, 7) is 12.6. The SMILES string of the molecule is CCON1C(C)(C)CC(OC(C)=O)CC1(C)C. The molecule has 0 atom stereocenters. The van der Waals surface area contributed by atoms with Crippen molar-refractivity contribution >= 4 is 5.97 Å². The van der Waals surface area contributed by atoms with Gasteiger partial charge >= 0.3 is 5.97 Å². The van der Waals surface area contributed by atoms with Gasteiger partial charge in [-0.2, -0.15) is 5.06 Å². The first kappa shape index (κ1) is 14.5. The minimum Gasteiger partial charge on any atom is -0.462 e. The predicted molar refractivity (Wildman–Crippen MR) is 66.4 cm³/mol. The van der Waals surface area contributed by atoms with Gasteiger partial charge in [0.1, 0.15) is 6.10 Å². The largest absolute Gasteiger partial charge is 0.462 e. The van der Waals surface area contributed by atoms with Gasteiger partial charge in [-0.25, -0.2) is 0 Å². The van der Waals surface area contributed by atoms with E-state index in [0.29, 0.717) is 6.61 Å². The zero-order chi connectivity index (χ0) is 13.3. The molecule has 4 nitrogen and oxygen atoms in total. The molecule has 1 aliphatic rings. The number of hydrogen-bond donors (Lipinski definition) is 0. The van der Waals surface area contributed by atoms with E-state index >= 15 is 0 Å². The van der Waals surface area contributed by atoms with E-state index in [4.69, 9.17) is 9.57 Å². The number of piperidine rings is 1. The van der Waals surface area contributed by atoms with E-state index in [2.05, 4.69) is 32.8 Å². The van der Waals surface area contributed by atoms with Gasteiger partial charge in [0.15, 0.2) is 0 Å². The van der Waals surface area contributed by atoms with E-state index in [1.807, 2.05) is 6.92 Å². The van der Waals surface area contributed by atoms with Crippen LogP contribution >= 0.6 is 0 Å². The fourth-order valence-corrected chi connectivity index (χ4v) is 2.97. The number of hydroxylamine groups is 2. The molecule has 17 heavy (non-hydrogen) atoms. The van der Waals surface area contributed by atoms with E-state index in [-0.39, 0.29) is 23.2 Å². The minimum absolute atomic E-state index is 0.0193. The second-order valence-corrected chi connectivity index (χ2v) is 5.98. The van der Waals surface area contributed by atoms with Crippen LogP contribution < -0.4 is 0 Å². The van der Waals surface area contributed by atoms with Crippen LogP contribution in [0.2, 0.25) is 0 Å². The van der Waals surface area contributed by atoms with Crippen molar-refractivity contribution in [1.82, 2.24) is 5.06 Å². The Morgan fingerprint density at radius 3 is 2.06 bits per heavy atom. The van der Waals surface area contributed by atoms with E-state index in [9.17, 15) is 4.79 Å². The lowest BCUT2D eigenvalue weighted by Crippen LogP contribution is -2.62. The van der Waals surface area contributed by atoms with E-state index < -0.39 is 0 Å². The van der Waals surface area contributed by atoms with Crippen LogP contribution in [0.3, 0.4) is 0 Å². The molecule has 0 aromatic heterocycles.